The average molecular weight is 227 g/mol. The summed E-state index contributed by atoms with van der Waals surface area (Å²) in [5, 5.41) is 3.48. The Bertz CT molecular complexity index is 183. The molecule has 0 saturated heterocycles. The third kappa shape index (κ3) is 7.27. The second-order valence-electron chi connectivity index (χ2n) is 7.59. The van der Waals surface area contributed by atoms with Crippen molar-refractivity contribution in [1.82, 2.24) is 5.32 Å². The van der Waals surface area contributed by atoms with Gasteiger partial charge in [0.05, 0.1) is 0 Å². The fraction of sp³-hybridized carbons (Fsp3) is 1.00. The summed E-state index contributed by atoms with van der Waals surface area (Å²) in [6.07, 6.45) is 3.88. The molecule has 0 aromatic heterocycles. The van der Waals surface area contributed by atoms with E-state index in [-0.39, 0.29) is 0 Å². The maximum atomic E-state index is 3.48. The van der Waals surface area contributed by atoms with Gasteiger partial charge in [0.2, 0.25) is 0 Å². The smallest absolute Gasteiger partial charge is 0.00669 e. The van der Waals surface area contributed by atoms with Crippen LogP contribution in [0, 0.1) is 16.7 Å². The van der Waals surface area contributed by atoms with E-state index in [1.54, 1.807) is 0 Å². The Kier molecular flexibility index (Phi) is 6.03. The summed E-state index contributed by atoms with van der Waals surface area (Å²) in [5.74, 6) is 0.768. The summed E-state index contributed by atoms with van der Waals surface area (Å²) in [4.78, 5) is 0. The second kappa shape index (κ2) is 6.05. The zero-order valence-electron chi connectivity index (χ0n) is 12.8. The van der Waals surface area contributed by atoms with Crippen molar-refractivity contribution in [3.8, 4) is 0 Å². The zero-order valence-corrected chi connectivity index (χ0v) is 12.8. The van der Waals surface area contributed by atoms with Crippen LogP contribution >= 0.6 is 0 Å². The molecule has 16 heavy (non-hydrogen) atoms. The van der Waals surface area contributed by atoms with Gasteiger partial charge in [0.25, 0.3) is 0 Å². The van der Waals surface area contributed by atoms with Crippen molar-refractivity contribution in [3.05, 3.63) is 0 Å². The fourth-order valence-corrected chi connectivity index (χ4v) is 1.77. The van der Waals surface area contributed by atoms with Crippen LogP contribution in [-0.2, 0) is 0 Å². The monoisotopic (exact) mass is 227 g/mol. The van der Waals surface area contributed by atoms with Gasteiger partial charge in [0, 0.05) is 6.04 Å². The molecule has 0 fully saturated rings. The predicted octanol–water partition coefficient (Wildman–Crippen LogP) is 4.47. The molecule has 0 saturated carbocycles. The van der Waals surface area contributed by atoms with E-state index in [2.05, 4.69) is 60.8 Å². The first-order chi connectivity index (χ1) is 7.06. The lowest BCUT2D eigenvalue weighted by Gasteiger charge is -2.31. The van der Waals surface area contributed by atoms with Crippen LogP contribution in [0.1, 0.15) is 67.7 Å². The molecule has 0 aliphatic heterocycles. The second-order valence-corrected chi connectivity index (χ2v) is 7.59. The van der Waals surface area contributed by atoms with E-state index in [0.717, 1.165) is 5.92 Å². The predicted molar refractivity (Wildman–Crippen MR) is 74.8 cm³/mol. The van der Waals surface area contributed by atoms with Crippen molar-refractivity contribution in [1.29, 1.82) is 0 Å². The molecule has 0 rings (SSSR count). The molecule has 0 aliphatic rings. The van der Waals surface area contributed by atoms with E-state index < -0.39 is 0 Å². The molecule has 0 aliphatic carbocycles. The highest BCUT2D eigenvalue weighted by atomic mass is 14.9. The molecule has 0 amide bonds. The molecule has 1 heteroatoms. The van der Waals surface area contributed by atoms with E-state index in [0.29, 0.717) is 16.9 Å². The largest absolute Gasteiger partial charge is 0.317 e. The molecule has 2 atom stereocenters. The molecule has 0 spiro atoms. The minimum atomic E-state index is 0.427. The minimum absolute atomic E-state index is 0.427. The number of hydrogen-bond donors (Lipinski definition) is 1. The van der Waals surface area contributed by atoms with Crippen LogP contribution in [0.3, 0.4) is 0 Å². The summed E-state index contributed by atoms with van der Waals surface area (Å²) in [6.45, 7) is 16.4. The molecular weight excluding hydrogens is 194 g/mol. The van der Waals surface area contributed by atoms with Gasteiger partial charge in [0.1, 0.15) is 0 Å². The van der Waals surface area contributed by atoms with Gasteiger partial charge in [0.15, 0.2) is 0 Å². The van der Waals surface area contributed by atoms with Gasteiger partial charge in [-0.25, -0.2) is 0 Å². The van der Waals surface area contributed by atoms with Gasteiger partial charge < -0.3 is 5.32 Å². The Balaban J connectivity index is 4.11. The van der Waals surface area contributed by atoms with Gasteiger partial charge in [-0.2, -0.15) is 0 Å². The van der Waals surface area contributed by atoms with Crippen LogP contribution in [0.2, 0.25) is 0 Å². The first kappa shape index (κ1) is 16.0. The van der Waals surface area contributed by atoms with Gasteiger partial charge >= 0.3 is 0 Å². The molecule has 0 radical (unpaired) electrons. The molecule has 1 N–H and O–H groups in total. The lowest BCUT2D eigenvalue weighted by atomic mass is 9.77. The topological polar surface area (TPSA) is 12.0 Å². The Morgan fingerprint density at radius 1 is 1.00 bits per heavy atom. The normalized spacial score (nSPS) is 17.2. The lowest BCUT2D eigenvalue weighted by molar-refractivity contribution is 0.213. The quantitative estimate of drug-likeness (QED) is 0.730. The maximum Gasteiger partial charge on any atom is 0.00669 e. The van der Waals surface area contributed by atoms with Gasteiger partial charge in [-0.15, -0.1) is 0 Å². The number of rotatable bonds is 5. The van der Waals surface area contributed by atoms with E-state index in [1.165, 1.54) is 19.3 Å². The van der Waals surface area contributed by atoms with Crippen LogP contribution < -0.4 is 5.32 Å². The first-order valence-electron chi connectivity index (χ1n) is 6.73. The van der Waals surface area contributed by atoms with Crippen molar-refractivity contribution in [2.24, 2.45) is 16.7 Å². The molecule has 0 aromatic carbocycles. The summed E-state index contributed by atoms with van der Waals surface area (Å²) >= 11 is 0. The highest BCUT2D eigenvalue weighted by molar-refractivity contribution is 4.77. The number of nitrogens with one attached hydrogen (secondary N) is 1. The van der Waals surface area contributed by atoms with Crippen molar-refractivity contribution < 1.29 is 0 Å². The molecule has 1 nitrogen and oxygen atoms in total. The first-order valence-corrected chi connectivity index (χ1v) is 6.73. The summed E-state index contributed by atoms with van der Waals surface area (Å²) < 4.78 is 0. The molecule has 0 heterocycles. The highest BCUT2D eigenvalue weighted by Crippen LogP contribution is 2.31. The van der Waals surface area contributed by atoms with E-state index in [9.17, 15) is 0 Å². The highest BCUT2D eigenvalue weighted by Gasteiger charge is 2.23. The van der Waals surface area contributed by atoms with Crippen LogP contribution in [-0.4, -0.2) is 13.1 Å². The molecule has 98 valence electrons. The SMILES string of the molecule is CNC(CCC(C)(C)C)CC(C)C(C)(C)C. The third-order valence-electron chi connectivity index (χ3n) is 3.77. The third-order valence-corrected chi connectivity index (χ3v) is 3.77. The van der Waals surface area contributed by atoms with Crippen LogP contribution in [0.15, 0.2) is 0 Å². The van der Waals surface area contributed by atoms with E-state index in [4.69, 9.17) is 0 Å². The Hall–Kier alpha value is -0.0400. The average Bonchev–Trinajstić information content (AvgIpc) is 2.08. The van der Waals surface area contributed by atoms with Gasteiger partial charge in [-0.05, 0) is 43.1 Å². The Morgan fingerprint density at radius 2 is 1.50 bits per heavy atom. The number of hydrogen-bond acceptors (Lipinski definition) is 1. The van der Waals surface area contributed by atoms with E-state index in [1.807, 2.05) is 0 Å². The zero-order chi connectivity index (χ0) is 13.0. The molecular formula is C15H33N. The van der Waals surface area contributed by atoms with Crippen molar-refractivity contribution in [3.63, 3.8) is 0 Å². The van der Waals surface area contributed by atoms with Gasteiger partial charge in [-0.3, -0.25) is 0 Å². The molecule has 0 aromatic rings. The van der Waals surface area contributed by atoms with Crippen LogP contribution in [0.4, 0.5) is 0 Å². The van der Waals surface area contributed by atoms with Crippen molar-refractivity contribution >= 4 is 0 Å². The summed E-state index contributed by atoms with van der Waals surface area (Å²) in [7, 11) is 2.10. The van der Waals surface area contributed by atoms with E-state index >= 15 is 0 Å². The molecule has 2 unspecified atom stereocenters. The summed E-state index contributed by atoms with van der Waals surface area (Å²) in [6, 6.07) is 0.674. The minimum Gasteiger partial charge on any atom is -0.317 e. The lowest BCUT2D eigenvalue weighted by Crippen LogP contribution is -2.32. The Morgan fingerprint density at radius 3 is 1.81 bits per heavy atom. The van der Waals surface area contributed by atoms with Crippen LogP contribution in [0.25, 0.3) is 0 Å². The Labute approximate surface area is 103 Å². The van der Waals surface area contributed by atoms with Gasteiger partial charge in [-0.1, -0.05) is 48.5 Å². The summed E-state index contributed by atoms with van der Waals surface area (Å²) in [5.41, 5.74) is 0.886. The maximum absolute atomic E-state index is 3.48. The molecule has 0 bridgehead atoms. The fourth-order valence-electron chi connectivity index (χ4n) is 1.77. The van der Waals surface area contributed by atoms with Crippen LogP contribution in [0.5, 0.6) is 0 Å². The van der Waals surface area contributed by atoms with Crippen molar-refractivity contribution in [2.75, 3.05) is 7.05 Å². The van der Waals surface area contributed by atoms with Crippen molar-refractivity contribution in [2.45, 2.75) is 73.8 Å². The standard InChI is InChI=1S/C15H33N/c1-12(15(5,6)7)11-13(16-8)9-10-14(2,3)4/h12-13,16H,9-11H2,1-8H3.